The molecule has 0 bridgehead atoms. The van der Waals surface area contributed by atoms with Crippen molar-refractivity contribution in [2.45, 2.75) is 27.7 Å². The number of benzene rings is 2. The molecular formula is C25H26N4O4. The molecule has 0 fully saturated rings. The summed E-state index contributed by atoms with van der Waals surface area (Å²) >= 11 is 0. The number of nitrogens with one attached hydrogen (secondary N) is 2. The lowest BCUT2D eigenvalue weighted by Gasteiger charge is -2.10. The molecule has 1 aromatic heterocycles. The van der Waals surface area contributed by atoms with Crippen LogP contribution in [0, 0.1) is 13.8 Å². The topological polar surface area (TPSA) is 102 Å². The molecule has 8 nitrogen and oxygen atoms in total. The molecule has 0 atom stereocenters. The molecule has 1 heterocycles. The van der Waals surface area contributed by atoms with Crippen LogP contribution < -0.4 is 10.7 Å². The van der Waals surface area contributed by atoms with Crippen LogP contribution in [0.4, 0.5) is 5.69 Å². The van der Waals surface area contributed by atoms with Crippen LogP contribution in [0.2, 0.25) is 0 Å². The van der Waals surface area contributed by atoms with Gasteiger partial charge in [0.25, 0.3) is 5.91 Å². The van der Waals surface area contributed by atoms with Crippen LogP contribution in [0.3, 0.4) is 0 Å². The molecule has 0 radical (unpaired) electrons. The Balaban J connectivity index is 1.73. The van der Waals surface area contributed by atoms with Crippen molar-refractivity contribution in [2.75, 3.05) is 11.9 Å². The number of aryl methyl sites for hydroxylation is 1. The number of aromatic nitrogens is 1. The Labute approximate surface area is 192 Å². The van der Waals surface area contributed by atoms with Gasteiger partial charge in [0.2, 0.25) is 5.91 Å². The maximum atomic E-state index is 12.4. The van der Waals surface area contributed by atoms with Crippen molar-refractivity contribution in [3.8, 4) is 5.69 Å². The van der Waals surface area contributed by atoms with Crippen molar-refractivity contribution >= 4 is 29.7 Å². The molecule has 0 unspecified atom stereocenters. The van der Waals surface area contributed by atoms with E-state index in [2.05, 4.69) is 15.8 Å². The molecule has 33 heavy (non-hydrogen) atoms. The molecule has 2 N–H and O–H groups in total. The summed E-state index contributed by atoms with van der Waals surface area (Å²) in [5.41, 5.74) is 7.58. The molecule has 2 amide bonds. The number of hydrogen-bond acceptors (Lipinski definition) is 5. The summed E-state index contributed by atoms with van der Waals surface area (Å²) in [5, 5.41) is 6.73. The fraction of sp³-hybridized carbons (Fsp3) is 0.200. The highest BCUT2D eigenvalue weighted by atomic mass is 16.5. The van der Waals surface area contributed by atoms with Gasteiger partial charge in [-0.25, -0.2) is 10.2 Å². The van der Waals surface area contributed by atoms with Gasteiger partial charge in [0.1, 0.15) is 0 Å². The number of carbonyl (C=O) groups excluding carboxylic acids is 3. The van der Waals surface area contributed by atoms with E-state index in [9.17, 15) is 14.4 Å². The lowest BCUT2D eigenvalue weighted by molar-refractivity contribution is -0.114. The van der Waals surface area contributed by atoms with Crippen molar-refractivity contribution in [1.82, 2.24) is 9.99 Å². The van der Waals surface area contributed by atoms with Gasteiger partial charge < -0.3 is 14.6 Å². The lowest BCUT2D eigenvalue weighted by atomic mass is 10.2. The van der Waals surface area contributed by atoms with Crippen molar-refractivity contribution in [2.24, 2.45) is 5.10 Å². The number of nitrogens with zero attached hydrogens (tertiary/aromatic N) is 2. The zero-order chi connectivity index (χ0) is 24.0. The zero-order valence-electron chi connectivity index (χ0n) is 19.0. The van der Waals surface area contributed by atoms with E-state index in [0.717, 1.165) is 22.6 Å². The van der Waals surface area contributed by atoms with Crippen molar-refractivity contribution in [3.05, 3.63) is 82.7 Å². The molecule has 8 heteroatoms. The number of anilines is 1. The van der Waals surface area contributed by atoms with E-state index < -0.39 is 0 Å². The van der Waals surface area contributed by atoms with Crippen LogP contribution in [0.25, 0.3) is 5.69 Å². The third kappa shape index (κ3) is 5.74. The van der Waals surface area contributed by atoms with E-state index in [1.165, 1.54) is 6.92 Å². The molecule has 0 aliphatic rings. The monoisotopic (exact) mass is 446 g/mol. The molecule has 2 aromatic carbocycles. The Kier molecular flexibility index (Phi) is 7.40. The molecule has 3 rings (SSSR count). The first-order chi connectivity index (χ1) is 15.8. The van der Waals surface area contributed by atoms with Gasteiger partial charge in [0.05, 0.1) is 18.4 Å². The SMILES string of the molecule is CCOC(=O)c1ccc(-n2c(C)cc(C=NNC(=O)c3cccc(NC(C)=O)c3)c2C)cc1. The predicted octanol–water partition coefficient (Wildman–Crippen LogP) is 3.99. The lowest BCUT2D eigenvalue weighted by Crippen LogP contribution is -2.18. The average molecular weight is 447 g/mol. The highest BCUT2D eigenvalue weighted by Crippen LogP contribution is 2.20. The van der Waals surface area contributed by atoms with Gasteiger partial charge in [-0.2, -0.15) is 5.10 Å². The van der Waals surface area contributed by atoms with E-state index in [1.807, 2.05) is 36.6 Å². The highest BCUT2D eigenvalue weighted by molar-refractivity contribution is 5.97. The molecule has 0 saturated carbocycles. The number of ether oxygens (including phenoxy) is 1. The minimum atomic E-state index is -0.387. The van der Waals surface area contributed by atoms with Gasteiger partial charge in [-0.1, -0.05) is 6.07 Å². The second-order valence-electron chi connectivity index (χ2n) is 7.39. The largest absolute Gasteiger partial charge is 0.462 e. The second-order valence-corrected chi connectivity index (χ2v) is 7.39. The highest BCUT2D eigenvalue weighted by Gasteiger charge is 2.12. The van der Waals surface area contributed by atoms with Crippen LogP contribution in [0.1, 0.15) is 51.5 Å². The molecule has 0 spiro atoms. The summed E-state index contributed by atoms with van der Waals surface area (Å²) in [6, 6.07) is 15.8. The fourth-order valence-electron chi connectivity index (χ4n) is 3.44. The van der Waals surface area contributed by atoms with Crippen LogP contribution in [0.15, 0.2) is 59.7 Å². The third-order valence-electron chi connectivity index (χ3n) is 4.92. The summed E-state index contributed by atoms with van der Waals surface area (Å²) in [6.07, 6.45) is 1.58. The standard InChI is InChI=1S/C25H26N4O4/c1-5-33-25(32)19-9-11-23(12-10-19)29-16(2)13-21(17(29)3)15-26-28-24(31)20-7-6-8-22(14-20)27-18(4)30/h6-15H,5H2,1-4H3,(H,27,30)(H,28,31). The predicted molar refractivity (Wildman–Crippen MR) is 127 cm³/mol. The van der Waals surface area contributed by atoms with Crippen LogP contribution in [-0.4, -0.2) is 35.2 Å². The fourth-order valence-corrected chi connectivity index (χ4v) is 3.44. The Morgan fingerprint density at radius 2 is 1.76 bits per heavy atom. The van der Waals surface area contributed by atoms with Crippen molar-refractivity contribution in [1.29, 1.82) is 0 Å². The minimum absolute atomic E-state index is 0.212. The second kappa shape index (κ2) is 10.4. The zero-order valence-corrected chi connectivity index (χ0v) is 19.0. The van der Waals surface area contributed by atoms with Crippen LogP contribution in [0.5, 0.6) is 0 Å². The van der Waals surface area contributed by atoms with Gasteiger partial charge in [-0.3, -0.25) is 9.59 Å². The average Bonchev–Trinajstić information content (AvgIpc) is 3.06. The van der Waals surface area contributed by atoms with Crippen LogP contribution in [-0.2, 0) is 9.53 Å². The Hall–Kier alpha value is -4.20. The number of hydrogen-bond donors (Lipinski definition) is 2. The van der Waals surface area contributed by atoms with Gasteiger partial charge in [0.15, 0.2) is 0 Å². The van der Waals surface area contributed by atoms with E-state index in [1.54, 1.807) is 49.5 Å². The first-order valence-corrected chi connectivity index (χ1v) is 10.5. The maximum Gasteiger partial charge on any atom is 0.338 e. The van der Waals surface area contributed by atoms with Gasteiger partial charge in [-0.05, 0) is 69.3 Å². The van der Waals surface area contributed by atoms with E-state index >= 15 is 0 Å². The molecule has 0 saturated heterocycles. The molecule has 3 aromatic rings. The molecule has 170 valence electrons. The smallest absolute Gasteiger partial charge is 0.338 e. The first kappa shape index (κ1) is 23.5. The number of amides is 2. The van der Waals surface area contributed by atoms with Gasteiger partial charge in [-0.15, -0.1) is 0 Å². The van der Waals surface area contributed by atoms with Crippen molar-refractivity contribution < 1.29 is 19.1 Å². The third-order valence-corrected chi connectivity index (χ3v) is 4.92. The molecule has 0 aliphatic heterocycles. The van der Waals surface area contributed by atoms with E-state index in [4.69, 9.17) is 4.74 Å². The Morgan fingerprint density at radius 3 is 2.42 bits per heavy atom. The molecule has 0 aliphatic carbocycles. The van der Waals surface area contributed by atoms with Gasteiger partial charge >= 0.3 is 5.97 Å². The maximum absolute atomic E-state index is 12.4. The number of rotatable bonds is 7. The number of carbonyl (C=O) groups is 3. The van der Waals surface area contributed by atoms with E-state index in [0.29, 0.717) is 23.4 Å². The summed E-state index contributed by atoms with van der Waals surface area (Å²) in [5.74, 6) is -0.950. The van der Waals surface area contributed by atoms with Crippen molar-refractivity contribution in [3.63, 3.8) is 0 Å². The first-order valence-electron chi connectivity index (χ1n) is 10.5. The molecular weight excluding hydrogens is 420 g/mol. The quantitative estimate of drug-likeness (QED) is 0.325. The van der Waals surface area contributed by atoms with Gasteiger partial charge in [0, 0.05) is 40.8 Å². The normalized spacial score (nSPS) is 10.8. The Morgan fingerprint density at radius 1 is 1.03 bits per heavy atom. The number of hydrazone groups is 1. The van der Waals surface area contributed by atoms with E-state index in [-0.39, 0.29) is 17.8 Å². The minimum Gasteiger partial charge on any atom is -0.462 e. The summed E-state index contributed by atoms with van der Waals surface area (Å²) in [6.45, 7) is 7.42. The number of esters is 1. The summed E-state index contributed by atoms with van der Waals surface area (Å²) in [4.78, 5) is 35.5. The van der Waals surface area contributed by atoms with Crippen LogP contribution >= 0.6 is 0 Å². The summed E-state index contributed by atoms with van der Waals surface area (Å²) in [7, 11) is 0. The Bertz CT molecular complexity index is 1210. The summed E-state index contributed by atoms with van der Waals surface area (Å²) < 4.78 is 7.06.